The van der Waals surface area contributed by atoms with Crippen molar-refractivity contribution < 1.29 is 14.6 Å². The van der Waals surface area contributed by atoms with Crippen LogP contribution >= 0.6 is 11.3 Å². The second-order valence-corrected chi connectivity index (χ2v) is 5.20. The Balaban J connectivity index is 2.82. The number of aliphatic carboxylic acids is 1. The summed E-state index contributed by atoms with van der Waals surface area (Å²) >= 11 is 1.57. The summed E-state index contributed by atoms with van der Waals surface area (Å²) in [5, 5.41) is 9.78. The van der Waals surface area contributed by atoms with Crippen molar-refractivity contribution in [2.45, 2.75) is 19.4 Å². The lowest BCUT2D eigenvalue weighted by atomic mass is 10.2. The van der Waals surface area contributed by atoms with Crippen LogP contribution in [-0.2, 0) is 28.9 Å². The van der Waals surface area contributed by atoms with Crippen molar-refractivity contribution in [2.75, 3.05) is 27.8 Å². The Labute approximate surface area is 105 Å². The standard InChI is InChI=1S/C11H18N2O3S/c1-13(2)7-9-8(6-11(14)15)12-10(17-9)4-5-16-3/h4-7H2,1-3H3,(H,14,15). The lowest BCUT2D eigenvalue weighted by Gasteiger charge is -2.07. The van der Waals surface area contributed by atoms with E-state index < -0.39 is 5.97 Å². The summed E-state index contributed by atoms with van der Waals surface area (Å²) in [6.45, 7) is 1.34. The number of ether oxygens (including phenoxy) is 1. The van der Waals surface area contributed by atoms with E-state index >= 15 is 0 Å². The predicted molar refractivity (Wildman–Crippen MR) is 66.4 cm³/mol. The van der Waals surface area contributed by atoms with Crippen LogP contribution in [0.1, 0.15) is 15.6 Å². The van der Waals surface area contributed by atoms with Gasteiger partial charge >= 0.3 is 5.97 Å². The molecule has 0 radical (unpaired) electrons. The number of methoxy groups -OCH3 is 1. The van der Waals surface area contributed by atoms with E-state index in [0.717, 1.165) is 22.9 Å². The van der Waals surface area contributed by atoms with Crippen molar-refractivity contribution in [2.24, 2.45) is 0 Å². The topological polar surface area (TPSA) is 62.7 Å². The van der Waals surface area contributed by atoms with Crippen molar-refractivity contribution in [1.82, 2.24) is 9.88 Å². The summed E-state index contributed by atoms with van der Waals surface area (Å²) < 4.78 is 5.00. The van der Waals surface area contributed by atoms with Crippen LogP contribution in [0.25, 0.3) is 0 Å². The summed E-state index contributed by atoms with van der Waals surface area (Å²) in [4.78, 5) is 18.2. The number of hydrogen-bond acceptors (Lipinski definition) is 5. The third-order valence-electron chi connectivity index (χ3n) is 2.12. The number of nitrogens with zero attached hydrogens (tertiary/aromatic N) is 2. The van der Waals surface area contributed by atoms with E-state index in [2.05, 4.69) is 4.98 Å². The number of thiazole rings is 1. The first-order valence-electron chi connectivity index (χ1n) is 5.35. The molecular weight excluding hydrogens is 240 g/mol. The van der Waals surface area contributed by atoms with E-state index in [1.54, 1.807) is 18.4 Å². The molecule has 0 fully saturated rings. The second-order valence-electron chi connectivity index (χ2n) is 4.03. The van der Waals surface area contributed by atoms with Crippen LogP contribution in [0.3, 0.4) is 0 Å². The first-order chi connectivity index (χ1) is 8.02. The molecule has 1 aromatic heterocycles. The summed E-state index contributed by atoms with van der Waals surface area (Å²) in [6.07, 6.45) is 0.730. The Morgan fingerprint density at radius 2 is 2.24 bits per heavy atom. The van der Waals surface area contributed by atoms with E-state index in [4.69, 9.17) is 9.84 Å². The van der Waals surface area contributed by atoms with E-state index in [9.17, 15) is 4.79 Å². The maximum Gasteiger partial charge on any atom is 0.309 e. The molecule has 0 aliphatic carbocycles. The monoisotopic (exact) mass is 258 g/mol. The molecule has 0 bridgehead atoms. The van der Waals surface area contributed by atoms with Gasteiger partial charge in [0, 0.05) is 25.0 Å². The number of carboxylic acid groups (broad SMARTS) is 1. The highest BCUT2D eigenvalue weighted by Gasteiger charge is 2.14. The van der Waals surface area contributed by atoms with Crippen molar-refractivity contribution >= 4 is 17.3 Å². The Bertz CT molecular complexity index is 377. The molecule has 0 spiro atoms. The van der Waals surface area contributed by atoms with Crippen molar-refractivity contribution in [3.63, 3.8) is 0 Å². The summed E-state index contributed by atoms with van der Waals surface area (Å²) in [5.74, 6) is -0.839. The average Bonchev–Trinajstić information content (AvgIpc) is 2.56. The molecule has 96 valence electrons. The fourth-order valence-electron chi connectivity index (χ4n) is 1.43. The third kappa shape index (κ3) is 4.80. The van der Waals surface area contributed by atoms with E-state index in [1.807, 2.05) is 19.0 Å². The van der Waals surface area contributed by atoms with Gasteiger partial charge < -0.3 is 14.7 Å². The Hall–Kier alpha value is -0.980. The van der Waals surface area contributed by atoms with Crippen LogP contribution in [0.2, 0.25) is 0 Å². The Kier molecular flexibility index (Phi) is 5.54. The number of carbonyl (C=O) groups is 1. The SMILES string of the molecule is COCCc1nc(CC(=O)O)c(CN(C)C)s1. The second kappa shape index (κ2) is 6.68. The molecule has 0 unspecified atom stereocenters. The molecule has 1 heterocycles. The minimum Gasteiger partial charge on any atom is -0.481 e. The zero-order valence-corrected chi connectivity index (χ0v) is 11.2. The van der Waals surface area contributed by atoms with Gasteiger partial charge in [0.05, 0.1) is 23.7 Å². The maximum atomic E-state index is 10.8. The van der Waals surface area contributed by atoms with Gasteiger partial charge in [-0.05, 0) is 14.1 Å². The van der Waals surface area contributed by atoms with Crippen molar-refractivity contribution in [3.05, 3.63) is 15.6 Å². The van der Waals surface area contributed by atoms with Gasteiger partial charge in [0.2, 0.25) is 0 Å². The van der Waals surface area contributed by atoms with Crippen molar-refractivity contribution in [3.8, 4) is 0 Å². The fourth-order valence-corrected chi connectivity index (χ4v) is 2.61. The van der Waals surface area contributed by atoms with Gasteiger partial charge in [0.25, 0.3) is 0 Å². The van der Waals surface area contributed by atoms with Gasteiger partial charge in [-0.15, -0.1) is 11.3 Å². The van der Waals surface area contributed by atoms with E-state index in [-0.39, 0.29) is 6.42 Å². The molecule has 1 rings (SSSR count). The Morgan fingerprint density at radius 3 is 2.76 bits per heavy atom. The first-order valence-corrected chi connectivity index (χ1v) is 6.17. The minimum atomic E-state index is -0.839. The Morgan fingerprint density at radius 1 is 1.53 bits per heavy atom. The number of hydrogen-bond donors (Lipinski definition) is 1. The van der Waals surface area contributed by atoms with Gasteiger partial charge in [-0.1, -0.05) is 0 Å². The van der Waals surface area contributed by atoms with E-state index in [1.165, 1.54) is 0 Å². The first kappa shape index (κ1) is 14.1. The van der Waals surface area contributed by atoms with Crippen molar-refractivity contribution in [1.29, 1.82) is 0 Å². The molecule has 0 atom stereocenters. The fraction of sp³-hybridized carbons (Fsp3) is 0.636. The lowest BCUT2D eigenvalue weighted by molar-refractivity contribution is -0.136. The molecule has 5 nitrogen and oxygen atoms in total. The van der Waals surface area contributed by atoms with Gasteiger partial charge in [0.1, 0.15) is 0 Å². The quantitative estimate of drug-likeness (QED) is 0.791. The molecule has 0 saturated carbocycles. The number of rotatable bonds is 7. The predicted octanol–water partition coefficient (Wildman–Crippen LogP) is 1.02. The number of aromatic nitrogens is 1. The molecule has 17 heavy (non-hydrogen) atoms. The lowest BCUT2D eigenvalue weighted by Crippen LogP contribution is -2.12. The van der Waals surface area contributed by atoms with Crippen LogP contribution in [0.15, 0.2) is 0 Å². The van der Waals surface area contributed by atoms with Gasteiger partial charge in [-0.2, -0.15) is 0 Å². The average molecular weight is 258 g/mol. The molecule has 1 aromatic rings. The smallest absolute Gasteiger partial charge is 0.309 e. The molecular formula is C11H18N2O3S. The minimum absolute atomic E-state index is 0.00729. The molecule has 0 saturated heterocycles. The normalized spacial score (nSPS) is 11.1. The van der Waals surface area contributed by atoms with Gasteiger partial charge in [-0.3, -0.25) is 4.79 Å². The zero-order chi connectivity index (χ0) is 12.8. The highest BCUT2D eigenvalue weighted by molar-refractivity contribution is 7.11. The third-order valence-corrected chi connectivity index (χ3v) is 3.26. The number of carboxylic acids is 1. The maximum absolute atomic E-state index is 10.8. The molecule has 0 amide bonds. The summed E-state index contributed by atoms with van der Waals surface area (Å²) in [7, 11) is 5.56. The van der Waals surface area contributed by atoms with E-state index in [0.29, 0.717) is 12.3 Å². The molecule has 0 aliphatic rings. The van der Waals surface area contributed by atoms with Crippen LogP contribution in [-0.4, -0.2) is 48.8 Å². The molecule has 0 aliphatic heterocycles. The van der Waals surface area contributed by atoms with Crippen LogP contribution in [0.4, 0.5) is 0 Å². The summed E-state index contributed by atoms with van der Waals surface area (Å²) in [6, 6.07) is 0. The van der Waals surface area contributed by atoms with Crippen LogP contribution in [0.5, 0.6) is 0 Å². The zero-order valence-electron chi connectivity index (χ0n) is 10.4. The molecule has 0 aromatic carbocycles. The molecule has 1 N–H and O–H groups in total. The van der Waals surface area contributed by atoms with Crippen LogP contribution < -0.4 is 0 Å². The van der Waals surface area contributed by atoms with Gasteiger partial charge in [-0.25, -0.2) is 4.98 Å². The highest BCUT2D eigenvalue weighted by Crippen LogP contribution is 2.21. The van der Waals surface area contributed by atoms with Gasteiger partial charge in [0.15, 0.2) is 0 Å². The molecule has 6 heteroatoms. The van der Waals surface area contributed by atoms with Crippen LogP contribution in [0, 0.1) is 0 Å². The highest BCUT2D eigenvalue weighted by atomic mass is 32.1. The largest absolute Gasteiger partial charge is 0.481 e. The summed E-state index contributed by atoms with van der Waals surface area (Å²) in [5.41, 5.74) is 0.683.